The summed E-state index contributed by atoms with van der Waals surface area (Å²) in [5, 5.41) is 9.15. The van der Waals surface area contributed by atoms with Crippen molar-refractivity contribution in [1.82, 2.24) is 0 Å². The van der Waals surface area contributed by atoms with Crippen molar-refractivity contribution in [3.05, 3.63) is 95.1 Å². The molecule has 0 aromatic heterocycles. The number of carbonyl (C=O) groups is 2. The Kier molecular flexibility index (Phi) is 7.44. The summed E-state index contributed by atoms with van der Waals surface area (Å²) in [5.41, 5.74) is 3.28. The quantitative estimate of drug-likeness (QED) is 0.446. The molecule has 0 bridgehead atoms. The molecular weight excluding hydrogens is 392 g/mol. The maximum absolute atomic E-state index is 13.4. The second-order valence-corrected chi connectivity index (χ2v) is 7.37. The van der Waals surface area contributed by atoms with Crippen molar-refractivity contribution < 1.29 is 24.2 Å². The van der Waals surface area contributed by atoms with E-state index in [9.17, 15) is 9.59 Å². The predicted molar refractivity (Wildman–Crippen MR) is 119 cm³/mol. The number of rotatable bonds is 10. The van der Waals surface area contributed by atoms with E-state index in [1.54, 1.807) is 31.4 Å². The summed E-state index contributed by atoms with van der Waals surface area (Å²) < 4.78 is 11.1. The van der Waals surface area contributed by atoms with Crippen LogP contribution in [0.1, 0.15) is 45.8 Å². The Labute approximate surface area is 182 Å². The van der Waals surface area contributed by atoms with E-state index < -0.39 is 11.9 Å². The van der Waals surface area contributed by atoms with E-state index in [-0.39, 0.29) is 18.6 Å². The number of hydrogen-bond donors (Lipinski definition) is 1. The number of aliphatic carboxylic acids is 1. The molecule has 0 spiro atoms. The lowest BCUT2D eigenvalue weighted by atomic mass is 9.85. The molecular formula is C26H26O5. The number of Topliss-reactive ketones (excluding diaryl/α,β-unsaturated/α-hetero) is 1. The van der Waals surface area contributed by atoms with Gasteiger partial charge >= 0.3 is 5.97 Å². The molecule has 5 heteroatoms. The Balaban J connectivity index is 1.80. The molecule has 0 saturated carbocycles. The number of aryl methyl sites for hydroxylation is 1. The Hall–Kier alpha value is -3.60. The topological polar surface area (TPSA) is 72.8 Å². The largest absolute Gasteiger partial charge is 0.497 e. The maximum Gasteiger partial charge on any atom is 0.303 e. The minimum Gasteiger partial charge on any atom is -0.497 e. The van der Waals surface area contributed by atoms with Gasteiger partial charge in [0.05, 0.1) is 7.11 Å². The third-order valence-electron chi connectivity index (χ3n) is 5.19. The molecule has 3 aromatic carbocycles. The van der Waals surface area contributed by atoms with E-state index in [4.69, 9.17) is 14.6 Å². The first-order valence-electron chi connectivity index (χ1n) is 10.1. The highest BCUT2D eigenvalue weighted by Gasteiger charge is 2.24. The standard InChI is InChI=1S/C26H26O5/c1-18-7-3-4-12-23(18)24(13-14-25(27)28)26(29)20-9-6-11-22(16-20)31-17-19-8-5-10-21(15-19)30-2/h3-12,15-16,24H,13-14,17H2,1-2H3,(H,27,28)/t24-/m0/s1. The van der Waals surface area contributed by atoms with Gasteiger partial charge in [-0.1, -0.05) is 48.5 Å². The van der Waals surface area contributed by atoms with Gasteiger partial charge in [0.1, 0.15) is 18.1 Å². The summed E-state index contributed by atoms with van der Waals surface area (Å²) in [5.74, 6) is -0.213. The zero-order chi connectivity index (χ0) is 22.2. The summed E-state index contributed by atoms with van der Waals surface area (Å²) >= 11 is 0. The molecule has 0 heterocycles. The average Bonchev–Trinajstić information content (AvgIpc) is 2.79. The molecule has 0 fully saturated rings. The van der Waals surface area contributed by atoms with Gasteiger partial charge in [-0.2, -0.15) is 0 Å². The van der Waals surface area contributed by atoms with Crippen LogP contribution in [0.2, 0.25) is 0 Å². The lowest BCUT2D eigenvalue weighted by Gasteiger charge is -2.18. The molecule has 1 atom stereocenters. The first kappa shape index (κ1) is 22.1. The van der Waals surface area contributed by atoms with Crippen LogP contribution in [0.25, 0.3) is 0 Å². The van der Waals surface area contributed by atoms with Crippen LogP contribution >= 0.6 is 0 Å². The molecule has 3 aromatic rings. The summed E-state index contributed by atoms with van der Waals surface area (Å²) in [4.78, 5) is 24.5. The zero-order valence-electron chi connectivity index (χ0n) is 17.7. The highest BCUT2D eigenvalue weighted by Crippen LogP contribution is 2.29. The summed E-state index contributed by atoms with van der Waals surface area (Å²) in [6, 6.07) is 22.2. The monoisotopic (exact) mass is 418 g/mol. The second kappa shape index (κ2) is 10.4. The van der Waals surface area contributed by atoms with Crippen molar-refractivity contribution in [2.75, 3.05) is 7.11 Å². The molecule has 0 amide bonds. The van der Waals surface area contributed by atoms with Gasteiger partial charge in [0.15, 0.2) is 5.78 Å². The number of benzene rings is 3. The van der Waals surface area contributed by atoms with Crippen molar-refractivity contribution in [3.8, 4) is 11.5 Å². The van der Waals surface area contributed by atoms with Gasteiger partial charge in [0, 0.05) is 17.9 Å². The highest BCUT2D eigenvalue weighted by atomic mass is 16.5. The lowest BCUT2D eigenvalue weighted by Crippen LogP contribution is -2.16. The SMILES string of the molecule is COc1cccc(COc2cccc(C(=O)[C@@H](CCC(=O)O)c3ccccc3C)c2)c1. The molecule has 160 valence electrons. The van der Waals surface area contributed by atoms with Crippen LogP contribution in [0.5, 0.6) is 11.5 Å². The van der Waals surface area contributed by atoms with Crippen molar-refractivity contribution in [2.24, 2.45) is 0 Å². The van der Waals surface area contributed by atoms with E-state index in [1.807, 2.05) is 55.5 Å². The number of ketones is 1. The van der Waals surface area contributed by atoms with Crippen LogP contribution in [0, 0.1) is 6.92 Å². The van der Waals surface area contributed by atoms with Crippen LogP contribution in [0.4, 0.5) is 0 Å². The van der Waals surface area contributed by atoms with Crippen LogP contribution < -0.4 is 9.47 Å². The molecule has 5 nitrogen and oxygen atoms in total. The Bertz CT molecular complexity index is 1060. The Morgan fingerprint density at radius 2 is 1.68 bits per heavy atom. The number of carbonyl (C=O) groups excluding carboxylic acids is 1. The Morgan fingerprint density at radius 1 is 0.935 bits per heavy atom. The number of hydrogen-bond acceptors (Lipinski definition) is 4. The van der Waals surface area contributed by atoms with Crippen molar-refractivity contribution in [1.29, 1.82) is 0 Å². The fourth-order valence-corrected chi connectivity index (χ4v) is 3.54. The molecule has 0 aliphatic heterocycles. The fraction of sp³-hybridized carbons (Fsp3) is 0.231. The molecule has 0 saturated heterocycles. The van der Waals surface area contributed by atoms with E-state index in [1.165, 1.54) is 0 Å². The summed E-state index contributed by atoms with van der Waals surface area (Å²) in [7, 11) is 1.62. The van der Waals surface area contributed by atoms with E-state index in [2.05, 4.69) is 0 Å². The molecule has 0 radical (unpaired) electrons. The number of carboxylic acid groups (broad SMARTS) is 1. The van der Waals surface area contributed by atoms with Gasteiger partial charge in [0.2, 0.25) is 0 Å². The van der Waals surface area contributed by atoms with E-state index in [0.29, 0.717) is 17.9 Å². The second-order valence-electron chi connectivity index (χ2n) is 7.37. The maximum atomic E-state index is 13.4. The first-order chi connectivity index (χ1) is 15.0. The van der Waals surface area contributed by atoms with Crippen molar-refractivity contribution in [3.63, 3.8) is 0 Å². The molecule has 31 heavy (non-hydrogen) atoms. The zero-order valence-corrected chi connectivity index (χ0v) is 17.7. The van der Waals surface area contributed by atoms with Crippen LogP contribution in [0.3, 0.4) is 0 Å². The smallest absolute Gasteiger partial charge is 0.303 e. The van der Waals surface area contributed by atoms with Crippen LogP contribution in [0.15, 0.2) is 72.8 Å². The van der Waals surface area contributed by atoms with E-state index in [0.717, 1.165) is 22.4 Å². The Morgan fingerprint density at radius 3 is 2.42 bits per heavy atom. The third kappa shape index (κ3) is 5.95. The normalized spacial score (nSPS) is 11.5. The number of methoxy groups -OCH3 is 1. The average molecular weight is 418 g/mol. The van der Waals surface area contributed by atoms with Gasteiger partial charge in [-0.15, -0.1) is 0 Å². The molecule has 0 aliphatic carbocycles. The van der Waals surface area contributed by atoms with Crippen molar-refractivity contribution in [2.45, 2.75) is 32.3 Å². The minimum absolute atomic E-state index is 0.0726. The van der Waals surface area contributed by atoms with Crippen LogP contribution in [-0.2, 0) is 11.4 Å². The molecule has 1 N–H and O–H groups in total. The summed E-state index contributed by atoms with van der Waals surface area (Å²) in [6.45, 7) is 2.28. The number of carboxylic acids is 1. The molecule has 0 aliphatic rings. The van der Waals surface area contributed by atoms with Gasteiger partial charge in [-0.3, -0.25) is 9.59 Å². The fourth-order valence-electron chi connectivity index (χ4n) is 3.54. The minimum atomic E-state index is -0.915. The summed E-state index contributed by atoms with van der Waals surface area (Å²) in [6.07, 6.45) is 0.171. The number of ether oxygens (including phenoxy) is 2. The molecule has 0 unspecified atom stereocenters. The van der Waals surface area contributed by atoms with Crippen LogP contribution in [-0.4, -0.2) is 24.0 Å². The predicted octanol–water partition coefficient (Wildman–Crippen LogP) is 5.41. The van der Waals surface area contributed by atoms with Gasteiger partial charge in [-0.25, -0.2) is 0 Å². The van der Waals surface area contributed by atoms with Crippen molar-refractivity contribution >= 4 is 11.8 Å². The lowest BCUT2D eigenvalue weighted by molar-refractivity contribution is -0.137. The van der Waals surface area contributed by atoms with Gasteiger partial charge in [0.25, 0.3) is 0 Å². The van der Waals surface area contributed by atoms with Gasteiger partial charge < -0.3 is 14.6 Å². The molecule has 3 rings (SSSR count). The van der Waals surface area contributed by atoms with Gasteiger partial charge in [-0.05, 0) is 54.3 Å². The highest BCUT2D eigenvalue weighted by molar-refractivity contribution is 6.01. The van der Waals surface area contributed by atoms with E-state index >= 15 is 0 Å². The first-order valence-corrected chi connectivity index (χ1v) is 10.1. The third-order valence-corrected chi connectivity index (χ3v) is 5.19.